The second kappa shape index (κ2) is 8.02. The molecule has 0 saturated carbocycles. The largest absolute Gasteiger partial charge is 0.331 e. The van der Waals surface area contributed by atoms with Gasteiger partial charge in [0.25, 0.3) is 0 Å². The number of hydrazine groups is 1. The zero-order valence-electron chi connectivity index (χ0n) is 15.3. The molecular weight excluding hydrogens is 338 g/mol. The van der Waals surface area contributed by atoms with Gasteiger partial charge in [0.05, 0.1) is 11.4 Å². The Labute approximate surface area is 160 Å². The highest BCUT2D eigenvalue weighted by molar-refractivity contribution is 7.80. The lowest BCUT2D eigenvalue weighted by Crippen LogP contribution is -2.41. The van der Waals surface area contributed by atoms with Crippen LogP contribution in [0.15, 0.2) is 72.8 Å². The normalized spacial score (nSPS) is 10.3. The molecule has 0 bridgehead atoms. The summed E-state index contributed by atoms with van der Waals surface area (Å²) in [7, 11) is 0. The van der Waals surface area contributed by atoms with Gasteiger partial charge in [-0.2, -0.15) is 0 Å². The Morgan fingerprint density at radius 2 is 1.23 bits per heavy atom. The summed E-state index contributed by atoms with van der Waals surface area (Å²) >= 11 is 5.60. The third-order valence-corrected chi connectivity index (χ3v) is 4.35. The monoisotopic (exact) mass is 361 g/mol. The SMILES string of the molecule is Cc1cc(C)c(NC(=S)NN(c2ccccc2)c2ccccc2)c(C)c1. The fourth-order valence-electron chi connectivity index (χ4n) is 3.05. The first-order chi connectivity index (χ1) is 12.5. The molecule has 3 nitrogen and oxygen atoms in total. The lowest BCUT2D eigenvalue weighted by Gasteiger charge is -2.27. The van der Waals surface area contributed by atoms with Crippen molar-refractivity contribution >= 4 is 34.4 Å². The van der Waals surface area contributed by atoms with E-state index in [2.05, 4.69) is 43.6 Å². The minimum Gasteiger partial charge on any atom is -0.331 e. The van der Waals surface area contributed by atoms with Crippen molar-refractivity contribution in [3.05, 3.63) is 89.5 Å². The van der Waals surface area contributed by atoms with E-state index in [1.54, 1.807) is 0 Å². The standard InChI is InChI=1S/C22H23N3S/c1-16-14-17(2)21(18(3)15-16)23-22(26)24-25(19-10-6-4-7-11-19)20-12-8-5-9-13-20/h4-15H,1-3H3,(H2,23,24,26). The molecule has 0 saturated heterocycles. The van der Waals surface area contributed by atoms with Gasteiger partial charge in [-0.1, -0.05) is 54.1 Å². The summed E-state index contributed by atoms with van der Waals surface area (Å²) in [5.74, 6) is 0. The smallest absolute Gasteiger partial charge is 0.190 e. The van der Waals surface area contributed by atoms with E-state index in [0.29, 0.717) is 5.11 Å². The van der Waals surface area contributed by atoms with Crippen LogP contribution in [-0.4, -0.2) is 5.11 Å². The molecule has 3 aromatic rings. The summed E-state index contributed by atoms with van der Waals surface area (Å²) in [6, 6.07) is 24.6. The van der Waals surface area contributed by atoms with E-state index in [9.17, 15) is 0 Å². The van der Waals surface area contributed by atoms with Crippen molar-refractivity contribution in [1.29, 1.82) is 0 Å². The molecule has 26 heavy (non-hydrogen) atoms. The van der Waals surface area contributed by atoms with Crippen molar-refractivity contribution in [3.63, 3.8) is 0 Å². The number of rotatable bonds is 4. The molecule has 3 aromatic carbocycles. The zero-order valence-corrected chi connectivity index (χ0v) is 16.1. The molecule has 3 rings (SSSR count). The van der Waals surface area contributed by atoms with Gasteiger partial charge in [-0.15, -0.1) is 0 Å². The van der Waals surface area contributed by atoms with Crippen molar-refractivity contribution in [1.82, 2.24) is 5.43 Å². The molecule has 0 atom stereocenters. The molecule has 0 unspecified atom stereocenters. The maximum absolute atomic E-state index is 5.60. The molecule has 0 aliphatic carbocycles. The van der Waals surface area contributed by atoms with Crippen LogP contribution in [0.4, 0.5) is 17.1 Å². The van der Waals surface area contributed by atoms with Crippen LogP contribution in [0.25, 0.3) is 0 Å². The molecule has 4 heteroatoms. The highest BCUT2D eigenvalue weighted by Gasteiger charge is 2.12. The number of thiocarbonyl (C=S) groups is 1. The van der Waals surface area contributed by atoms with E-state index in [0.717, 1.165) is 17.1 Å². The number of benzene rings is 3. The van der Waals surface area contributed by atoms with Crippen LogP contribution in [0, 0.1) is 20.8 Å². The van der Waals surface area contributed by atoms with Gasteiger partial charge in [0.1, 0.15) is 0 Å². The van der Waals surface area contributed by atoms with Crippen LogP contribution in [0.2, 0.25) is 0 Å². The summed E-state index contributed by atoms with van der Waals surface area (Å²) in [4.78, 5) is 0. The third-order valence-electron chi connectivity index (χ3n) is 4.16. The number of hydrogen-bond donors (Lipinski definition) is 2. The number of nitrogens with zero attached hydrogens (tertiary/aromatic N) is 1. The maximum Gasteiger partial charge on any atom is 0.190 e. The summed E-state index contributed by atoms with van der Waals surface area (Å²) in [5.41, 5.74) is 10.0. The molecule has 0 aliphatic rings. The van der Waals surface area contributed by atoms with Gasteiger partial charge in [0, 0.05) is 5.69 Å². The Morgan fingerprint density at radius 1 is 0.769 bits per heavy atom. The van der Waals surface area contributed by atoms with Gasteiger partial charge in [-0.25, -0.2) is 0 Å². The van der Waals surface area contributed by atoms with Crippen molar-refractivity contribution in [2.24, 2.45) is 0 Å². The Bertz CT molecular complexity index is 829. The van der Waals surface area contributed by atoms with Crippen LogP contribution in [0.1, 0.15) is 16.7 Å². The summed E-state index contributed by atoms with van der Waals surface area (Å²) in [6.45, 7) is 6.29. The molecule has 2 N–H and O–H groups in total. The second-order valence-electron chi connectivity index (χ2n) is 6.35. The maximum atomic E-state index is 5.60. The number of hydrogen-bond acceptors (Lipinski definition) is 2. The van der Waals surface area contributed by atoms with Crippen LogP contribution < -0.4 is 15.8 Å². The minimum atomic E-state index is 0.549. The topological polar surface area (TPSA) is 27.3 Å². The Balaban J connectivity index is 1.85. The fourth-order valence-corrected chi connectivity index (χ4v) is 3.25. The number of para-hydroxylation sites is 2. The van der Waals surface area contributed by atoms with Gasteiger partial charge in [-0.3, -0.25) is 10.4 Å². The van der Waals surface area contributed by atoms with Crippen molar-refractivity contribution in [3.8, 4) is 0 Å². The van der Waals surface area contributed by atoms with Crippen molar-refractivity contribution < 1.29 is 0 Å². The van der Waals surface area contributed by atoms with E-state index >= 15 is 0 Å². The predicted molar refractivity (Wildman–Crippen MR) is 115 cm³/mol. The highest BCUT2D eigenvalue weighted by atomic mass is 32.1. The van der Waals surface area contributed by atoms with Crippen molar-refractivity contribution in [2.45, 2.75) is 20.8 Å². The van der Waals surface area contributed by atoms with Crippen LogP contribution in [-0.2, 0) is 0 Å². The van der Waals surface area contributed by atoms with Gasteiger partial charge < -0.3 is 5.32 Å². The first-order valence-electron chi connectivity index (χ1n) is 8.60. The molecular formula is C22H23N3S. The fraction of sp³-hybridized carbons (Fsp3) is 0.136. The first-order valence-corrected chi connectivity index (χ1v) is 9.01. The molecule has 0 fully saturated rings. The van der Waals surface area contributed by atoms with Crippen LogP contribution in [0.3, 0.4) is 0 Å². The molecule has 132 valence electrons. The van der Waals surface area contributed by atoms with E-state index in [1.165, 1.54) is 16.7 Å². The summed E-state index contributed by atoms with van der Waals surface area (Å²) < 4.78 is 0. The summed E-state index contributed by atoms with van der Waals surface area (Å²) in [5, 5.41) is 5.88. The van der Waals surface area contributed by atoms with Gasteiger partial charge >= 0.3 is 0 Å². The summed E-state index contributed by atoms with van der Waals surface area (Å²) in [6.07, 6.45) is 0. The number of anilines is 3. The minimum absolute atomic E-state index is 0.549. The average Bonchev–Trinajstić information content (AvgIpc) is 2.64. The zero-order chi connectivity index (χ0) is 18.5. The van der Waals surface area contributed by atoms with E-state index in [1.807, 2.05) is 65.7 Å². The first kappa shape index (κ1) is 18.0. The average molecular weight is 362 g/mol. The number of nitrogens with one attached hydrogen (secondary N) is 2. The highest BCUT2D eigenvalue weighted by Crippen LogP contribution is 2.24. The van der Waals surface area contributed by atoms with Gasteiger partial charge in [0.2, 0.25) is 0 Å². The van der Waals surface area contributed by atoms with Gasteiger partial charge in [-0.05, 0) is 68.4 Å². The number of aryl methyl sites for hydroxylation is 3. The van der Waals surface area contributed by atoms with Gasteiger partial charge in [0.15, 0.2) is 5.11 Å². The Kier molecular flexibility index (Phi) is 5.54. The molecule has 0 spiro atoms. The second-order valence-corrected chi connectivity index (χ2v) is 6.75. The lowest BCUT2D eigenvalue weighted by molar-refractivity contribution is 0.942. The lowest BCUT2D eigenvalue weighted by atomic mass is 10.1. The molecule has 0 aromatic heterocycles. The van der Waals surface area contributed by atoms with E-state index < -0.39 is 0 Å². The molecule has 0 aliphatic heterocycles. The Hall–Kier alpha value is -2.85. The molecule has 0 amide bonds. The molecule has 0 radical (unpaired) electrons. The predicted octanol–water partition coefficient (Wildman–Crippen LogP) is 5.65. The van der Waals surface area contributed by atoms with Crippen molar-refractivity contribution in [2.75, 3.05) is 10.3 Å². The van der Waals surface area contributed by atoms with E-state index in [4.69, 9.17) is 12.2 Å². The molecule has 0 heterocycles. The van der Waals surface area contributed by atoms with E-state index in [-0.39, 0.29) is 0 Å². The van der Waals surface area contributed by atoms with Crippen LogP contribution >= 0.6 is 12.2 Å². The third kappa shape index (κ3) is 4.21. The quantitative estimate of drug-likeness (QED) is 0.464. The van der Waals surface area contributed by atoms with Crippen LogP contribution in [0.5, 0.6) is 0 Å². The Morgan fingerprint density at radius 3 is 1.69 bits per heavy atom.